The number of tetrazole rings is 1. The molecule has 2 aliphatic carbocycles. The molecule has 0 aliphatic heterocycles. The van der Waals surface area contributed by atoms with Crippen molar-refractivity contribution in [3.8, 4) is 11.4 Å². The zero-order valence-corrected chi connectivity index (χ0v) is 19.3. The summed E-state index contributed by atoms with van der Waals surface area (Å²) in [5, 5.41) is 14.5. The van der Waals surface area contributed by atoms with Crippen molar-refractivity contribution in [2.24, 2.45) is 0 Å². The van der Waals surface area contributed by atoms with Gasteiger partial charge in [-0.15, -0.1) is 10.2 Å². The molecule has 1 N–H and O–H groups in total. The van der Waals surface area contributed by atoms with Crippen LogP contribution in [0.25, 0.3) is 23.0 Å². The third-order valence-electron chi connectivity index (χ3n) is 7.52. The summed E-state index contributed by atoms with van der Waals surface area (Å²) in [7, 11) is 0. The van der Waals surface area contributed by atoms with Gasteiger partial charge in [0, 0.05) is 5.56 Å². The molecule has 0 amide bonds. The Morgan fingerprint density at radius 3 is 2.39 bits per heavy atom. The molecule has 2 aliphatic rings. The molecule has 160 valence electrons. The van der Waals surface area contributed by atoms with Crippen LogP contribution in [0, 0.1) is 6.92 Å². The summed E-state index contributed by atoms with van der Waals surface area (Å²) in [5.74, 6) is 0.661. The van der Waals surface area contributed by atoms with Crippen LogP contribution in [0.4, 0.5) is 0 Å². The molecule has 4 heteroatoms. The van der Waals surface area contributed by atoms with Gasteiger partial charge in [-0.25, -0.2) is 0 Å². The number of aromatic amines is 1. The van der Waals surface area contributed by atoms with Crippen LogP contribution in [0.5, 0.6) is 0 Å². The third kappa shape index (κ3) is 3.52. The monoisotopic (exact) mass is 412 g/mol. The van der Waals surface area contributed by atoms with Crippen molar-refractivity contribution in [1.29, 1.82) is 0 Å². The fraction of sp³-hybridized carbons (Fsp3) is 0.444. The number of benzene rings is 2. The SMILES string of the molecule is Cc1cc2c(cc1/C=C1/CCCc3cc(-c4nn[nH]n4)ccc31)C(C)(C)CCC2(C)C. The van der Waals surface area contributed by atoms with E-state index in [1.54, 1.807) is 0 Å². The Balaban J connectivity index is 1.58. The number of rotatable bonds is 2. The highest BCUT2D eigenvalue weighted by molar-refractivity contribution is 5.85. The van der Waals surface area contributed by atoms with Crippen molar-refractivity contribution in [3.63, 3.8) is 0 Å². The minimum absolute atomic E-state index is 0.232. The van der Waals surface area contributed by atoms with E-state index in [4.69, 9.17) is 0 Å². The van der Waals surface area contributed by atoms with Gasteiger partial charge in [0.2, 0.25) is 5.82 Å². The largest absolute Gasteiger partial charge is 0.204 e. The second-order valence-corrected chi connectivity index (χ2v) is 10.7. The first-order valence-electron chi connectivity index (χ1n) is 11.5. The molecule has 1 aromatic heterocycles. The molecule has 4 nitrogen and oxygen atoms in total. The maximum Gasteiger partial charge on any atom is 0.204 e. The molecular weight excluding hydrogens is 380 g/mol. The van der Waals surface area contributed by atoms with Gasteiger partial charge >= 0.3 is 0 Å². The lowest BCUT2D eigenvalue weighted by atomic mass is 9.62. The normalized spacial score (nSPS) is 20.4. The zero-order valence-electron chi connectivity index (χ0n) is 19.3. The Hall–Kier alpha value is -2.75. The minimum atomic E-state index is 0.232. The number of fused-ring (bicyclic) bond motifs is 2. The Kier molecular flexibility index (Phi) is 4.65. The van der Waals surface area contributed by atoms with Crippen molar-refractivity contribution < 1.29 is 0 Å². The summed E-state index contributed by atoms with van der Waals surface area (Å²) in [5.41, 5.74) is 11.5. The third-order valence-corrected chi connectivity index (χ3v) is 7.52. The molecule has 31 heavy (non-hydrogen) atoms. The van der Waals surface area contributed by atoms with E-state index in [0.717, 1.165) is 18.4 Å². The van der Waals surface area contributed by atoms with Gasteiger partial charge in [0.05, 0.1) is 0 Å². The van der Waals surface area contributed by atoms with Crippen LogP contribution < -0.4 is 0 Å². The number of H-pyrrole nitrogens is 1. The van der Waals surface area contributed by atoms with Crippen LogP contribution in [-0.4, -0.2) is 20.6 Å². The van der Waals surface area contributed by atoms with Gasteiger partial charge in [-0.2, -0.15) is 5.21 Å². The number of aryl methyl sites for hydroxylation is 2. The van der Waals surface area contributed by atoms with Crippen molar-refractivity contribution in [3.05, 3.63) is 63.7 Å². The molecule has 0 spiro atoms. The molecule has 0 saturated carbocycles. The second-order valence-electron chi connectivity index (χ2n) is 10.7. The summed E-state index contributed by atoms with van der Waals surface area (Å²) >= 11 is 0. The van der Waals surface area contributed by atoms with E-state index in [2.05, 4.69) is 91.7 Å². The maximum absolute atomic E-state index is 4.14. The number of nitrogens with one attached hydrogen (secondary N) is 1. The van der Waals surface area contributed by atoms with Gasteiger partial charge in [0.25, 0.3) is 0 Å². The Morgan fingerprint density at radius 2 is 1.68 bits per heavy atom. The van der Waals surface area contributed by atoms with Gasteiger partial charge in [-0.1, -0.05) is 58.0 Å². The van der Waals surface area contributed by atoms with Gasteiger partial charge in [0.1, 0.15) is 0 Å². The van der Waals surface area contributed by atoms with Crippen LogP contribution in [-0.2, 0) is 17.3 Å². The van der Waals surface area contributed by atoms with Gasteiger partial charge in [-0.05, 0) is 100 Å². The highest BCUT2D eigenvalue weighted by Crippen LogP contribution is 2.47. The first-order valence-corrected chi connectivity index (χ1v) is 11.5. The van der Waals surface area contributed by atoms with Crippen LogP contribution in [0.15, 0.2) is 30.3 Å². The number of hydrogen-bond donors (Lipinski definition) is 1. The van der Waals surface area contributed by atoms with E-state index < -0.39 is 0 Å². The molecular formula is C27H32N4. The van der Waals surface area contributed by atoms with Gasteiger partial charge < -0.3 is 0 Å². The van der Waals surface area contributed by atoms with Crippen LogP contribution in [0.3, 0.4) is 0 Å². The number of nitrogens with zero attached hydrogens (tertiary/aromatic N) is 3. The number of allylic oxidation sites excluding steroid dienone is 1. The molecule has 5 rings (SSSR count). The molecule has 0 saturated heterocycles. The molecule has 0 atom stereocenters. The lowest BCUT2D eigenvalue weighted by Crippen LogP contribution is -2.34. The minimum Gasteiger partial charge on any atom is -0.177 e. The number of hydrogen-bond acceptors (Lipinski definition) is 3. The summed E-state index contributed by atoms with van der Waals surface area (Å²) in [6, 6.07) is 11.5. The average molecular weight is 413 g/mol. The smallest absolute Gasteiger partial charge is 0.177 e. The van der Waals surface area contributed by atoms with E-state index in [0.29, 0.717) is 5.82 Å². The first kappa shape index (κ1) is 20.2. The van der Waals surface area contributed by atoms with Crippen molar-refractivity contribution >= 4 is 11.6 Å². The fourth-order valence-electron chi connectivity index (χ4n) is 5.37. The molecule has 0 radical (unpaired) electrons. The topological polar surface area (TPSA) is 54.5 Å². The summed E-state index contributed by atoms with van der Waals surface area (Å²) in [6.45, 7) is 11.9. The van der Waals surface area contributed by atoms with E-state index >= 15 is 0 Å². The summed E-state index contributed by atoms with van der Waals surface area (Å²) in [4.78, 5) is 0. The standard InChI is InChI=1S/C27H32N4/c1-17-13-23-24(27(4,5)12-11-26(23,2)3)16-21(17)15-19-8-6-7-18-14-20(9-10-22(18)19)25-28-30-31-29-25/h9-10,13-16H,6-8,11-12H2,1-5H3,(H,28,29,30,31)/b19-15-. The molecule has 0 fully saturated rings. The van der Waals surface area contributed by atoms with Crippen molar-refractivity contribution in [2.75, 3.05) is 0 Å². The van der Waals surface area contributed by atoms with Crippen LogP contribution >= 0.6 is 0 Å². The lowest BCUT2D eigenvalue weighted by Gasteiger charge is -2.42. The molecule has 0 unspecified atom stereocenters. The predicted molar refractivity (Wildman–Crippen MR) is 127 cm³/mol. The van der Waals surface area contributed by atoms with E-state index in [1.807, 2.05) is 0 Å². The quantitative estimate of drug-likeness (QED) is 0.530. The number of aromatic nitrogens is 4. The van der Waals surface area contributed by atoms with Crippen LogP contribution in [0.2, 0.25) is 0 Å². The summed E-state index contributed by atoms with van der Waals surface area (Å²) < 4.78 is 0. The van der Waals surface area contributed by atoms with E-state index in [-0.39, 0.29) is 10.8 Å². The highest BCUT2D eigenvalue weighted by atomic mass is 15.5. The predicted octanol–water partition coefficient (Wildman–Crippen LogP) is 6.40. The van der Waals surface area contributed by atoms with Crippen LogP contribution in [0.1, 0.15) is 86.8 Å². The first-order chi connectivity index (χ1) is 14.7. The highest BCUT2D eigenvalue weighted by Gasteiger charge is 2.37. The molecule has 2 aromatic carbocycles. The zero-order chi connectivity index (χ0) is 21.8. The molecule has 3 aromatic rings. The Labute approximate surface area is 185 Å². The Morgan fingerprint density at radius 1 is 0.935 bits per heavy atom. The lowest BCUT2D eigenvalue weighted by molar-refractivity contribution is 0.331. The van der Waals surface area contributed by atoms with Gasteiger partial charge in [-0.3, -0.25) is 0 Å². The second kappa shape index (κ2) is 7.15. The molecule has 0 bridgehead atoms. The van der Waals surface area contributed by atoms with Gasteiger partial charge in [0.15, 0.2) is 0 Å². The maximum atomic E-state index is 4.14. The van der Waals surface area contributed by atoms with E-state index in [9.17, 15) is 0 Å². The van der Waals surface area contributed by atoms with Crippen molar-refractivity contribution in [1.82, 2.24) is 20.6 Å². The van der Waals surface area contributed by atoms with Crippen molar-refractivity contribution in [2.45, 2.75) is 77.6 Å². The average Bonchev–Trinajstić information content (AvgIpc) is 3.27. The fourth-order valence-corrected chi connectivity index (χ4v) is 5.37. The summed E-state index contributed by atoms with van der Waals surface area (Å²) in [6.07, 6.45) is 8.34. The molecule has 1 heterocycles. The van der Waals surface area contributed by atoms with E-state index in [1.165, 1.54) is 58.2 Å². The Bertz CT molecular complexity index is 1170.